The molecular formula is C12H17N3O2S3. The Morgan fingerprint density at radius 1 is 1.60 bits per heavy atom. The second kappa shape index (κ2) is 8.89. The number of nitrogens with one attached hydrogen (secondary N) is 2. The van der Waals surface area contributed by atoms with Gasteiger partial charge in [-0.3, -0.25) is 0 Å². The first-order chi connectivity index (χ1) is 9.51. The van der Waals surface area contributed by atoms with E-state index in [1.807, 2.05) is 5.38 Å². The van der Waals surface area contributed by atoms with E-state index in [0.717, 1.165) is 28.2 Å². The number of hydrogen-bond acceptors (Lipinski definition) is 7. The van der Waals surface area contributed by atoms with Crippen LogP contribution < -0.4 is 10.6 Å². The van der Waals surface area contributed by atoms with E-state index in [-0.39, 0.29) is 6.54 Å². The first-order valence-electron chi connectivity index (χ1n) is 5.80. The molecule has 0 aliphatic rings. The monoisotopic (exact) mass is 331 g/mol. The zero-order valence-corrected chi connectivity index (χ0v) is 13.6. The minimum absolute atomic E-state index is 0.278. The Labute approximate surface area is 128 Å². The molecule has 0 saturated heterocycles. The third-order valence-corrected chi connectivity index (χ3v) is 4.58. The van der Waals surface area contributed by atoms with Crippen molar-refractivity contribution in [3.63, 3.8) is 0 Å². The van der Waals surface area contributed by atoms with E-state index in [9.17, 15) is 8.42 Å². The van der Waals surface area contributed by atoms with Crippen LogP contribution in [0, 0.1) is 12.3 Å². The molecule has 0 aromatic carbocycles. The molecule has 2 N–H and O–H groups in total. The highest BCUT2D eigenvalue weighted by atomic mass is 32.2. The first-order valence-corrected chi connectivity index (χ1v) is 9.79. The fraction of sp³-hybridized carbons (Fsp3) is 0.417. The molecule has 0 aliphatic carbocycles. The van der Waals surface area contributed by atoms with Gasteiger partial charge in [-0.25, -0.2) is 13.4 Å². The van der Waals surface area contributed by atoms with Gasteiger partial charge in [-0.05, 0) is 0 Å². The normalized spacial score (nSPS) is 11.9. The first kappa shape index (κ1) is 16.9. The number of terminal acetylenes is 1. The van der Waals surface area contributed by atoms with Crippen LogP contribution in [-0.4, -0.2) is 38.5 Å². The van der Waals surface area contributed by atoms with Crippen LogP contribution in [0.4, 0.5) is 0 Å². The predicted octanol–water partition coefficient (Wildman–Crippen LogP) is 1.03. The maximum atomic E-state index is 11.2. The molecule has 1 rings (SSSR count). The predicted molar refractivity (Wildman–Crippen MR) is 86.0 cm³/mol. The maximum Gasteiger partial charge on any atom is 0.172 e. The molecule has 0 aliphatic heterocycles. The maximum absolute atomic E-state index is 11.2. The van der Waals surface area contributed by atoms with Crippen molar-refractivity contribution in [2.75, 3.05) is 25.1 Å². The van der Waals surface area contributed by atoms with Crippen molar-refractivity contribution in [2.45, 2.75) is 5.75 Å². The van der Waals surface area contributed by atoms with Crippen molar-refractivity contribution in [3.05, 3.63) is 27.8 Å². The molecule has 0 radical (unpaired) electrons. The van der Waals surface area contributed by atoms with Crippen LogP contribution in [0.2, 0.25) is 0 Å². The van der Waals surface area contributed by atoms with E-state index in [1.165, 1.54) is 0 Å². The fourth-order valence-corrected chi connectivity index (χ4v) is 3.41. The van der Waals surface area contributed by atoms with Crippen LogP contribution in [0.15, 0.2) is 22.8 Å². The van der Waals surface area contributed by atoms with Crippen LogP contribution >= 0.6 is 23.1 Å². The van der Waals surface area contributed by atoms with Crippen molar-refractivity contribution < 1.29 is 8.42 Å². The number of thiazole rings is 1. The van der Waals surface area contributed by atoms with Crippen molar-refractivity contribution in [1.82, 2.24) is 15.6 Å². The van der Waals surface area contributed by atoms with Gasteiger partial charge in [0.15, 0.2) is 9.84 Å². The summed E-state index contributed by atoms with van der Waals surface area (Å²) in [7, 11) is -3.20. The third kappa shape index (κ3) is 8.09. The minimum Gasteiger partial charge on any atom is -0.370 e. The van der Waals surface area contributed by atoms with Gasteiger partial charge in [-0.1, -0.05) is 5.92 Å². The molecule has 20 heavy (non-hydrogen) atoms. The Kier molecular flexibility index (Phi) is 7.51. The van der Waals surface area contributed by atoms with Crippen LogP contribution in [0.5, 0.6) is 0 Å². The molecule has 0 amide bonds. The van der Waals surface area contributed by atoms with Gasteiger partial charge in [0.1, 0.15) is 10.8 Å². The summed E-state index contributed by atoms with van der Waals surface area (Å²) in [6.07, 6.45) is 8.07. The molecule has 0 unspecified atom stereocenters. The number of hydrogen-bond donors (Lipinski definition) is 2. The van der Waals surface area contributed by atoms with Crippen molar-refractivity contribution in [3.8, 4) is 12.3 Å². The highest BCUT2D eigenvalue weighted by molar-refractivity contribution is 7.98. The SMILES string of the molecule is C#CCN/C(=C/S(C)(=O)=O)NCCSCc1nccs1. The Morgan fingerprint density at radius 3 is 3.00 bits per heavy atom. The van der Waals surface area contributed by atoms with E-state index in [4.69, 9.17) is 6.42 Å². The molecule has 1 aromatic heterocycles. The lowest BCUT2D eigenvalue weighted by Gasteiger charge is -2.11. The number of aromatic nitrogens is 1. The average molecular weight is 331 g/mol. The van der Waals surface area contributed by atoms with Crippen LogP contribution in [0.25, 0.3) is 0 Å². The van der Waals surface area contributed by atoms with Crippen molar-refractivity contribution in [2.24, 2.45) is 0 Å². The average Bonchev–Trinajstić information content (AvgIpc) is 2.86. The summed E-state index contributed by atoms with van der Waals surface area (Å²) in [4.78, 5) is 4.19. The summed E-state index contributed by atoms with van der Waals surface area (Å²) >= 11 is 3.36. The molecule has 0 bridgehead atoms. The molecule has 0 saturated carbocycles. The van der Waals surface area contributed by atoms with Gasteiger partial charge in [-0.2, -0.15) is 11.8 Å². The number of rotatable bonds is 9. The summed E-state index contributed by atoms with van der Waals surface area (Å²) in [5, 5.41) is 10.1. The summed E-state index contributed by atoms with van der Waals surface area (Å²) in [5.74, 6) is 4.55. The molecule has 1 heterocycles. The van der Waals surface area contributed by atoms with Crippen LogP contribution in [0.3, 0.4) is 0 Å². The van der Waals surface area contributed by atoms with E-state index >= 15 is 0 Å². The summed E-state index contributed by atoms with van der Waals surface area (Å²) in [6.45, 7) is 0.926. The van der Waals surface area contributed by atoms with Gasteiger partial charge in [0.25, 0.3) is 0 Å². The van der Waals surface area contributed by atoms with Gasteiger partial charge in [0.2, 0.25) is 0 Å². The number of nitrogens with zero attached hydrogens (tertiary/aromatic N) is 1. The van der Waals surface area contributed by atoms with Gasteiger partial charge in [0, 0.05) is 35.9 Å². The van der Waals surface area contributed by atoms with Gasteiger partial charge in [0.05, 0.1) is 12.0 Å². The number of thioether (sulfide) groups is 1. The third-order valence-electron chi connectivity index (χ3n) is 1.98. The summed E-state index contributed by atoms with van der Waals surface area (Å²) < 4.78 is 22.5. The Balaban J connectivity index is 2.31. The van der Waals surface area contributed by atoms with E-state index in [1.54, 1.807) is 29.3 Å². The molecule has 0 spiro atoms. The van der Waals surface area contributed by atoms with Crippen LogP contribution in [0.1, 0.15) is 5.01 Å². The molecule has 5 nitrogen and oxygen atoms in total. The van der Waals surface area contributed by atoms with Crippen LogP contribution in [-0.2, 0) is 15.6 Å². The zero-order valence-electron chi connectivity index (χ0n) is 11.1. The largest absolute Gasteiger partial charge is 0.370 e. The highest BCUT2D eigenvalue weighted by Gasteiger charge is 2.02. The van der Waals surface area contributed by atoms with E-state index in [0.29, 0.717) is 12.4 Å². The van der Waals surface area contributed by atoms with Gasteiger partial charge < -0.3 is 10.6 Å². The Bertz CT molecular complexity index is 559. The molecule has 8 heteroatoms. The highest BCUT2D eigenvalue weighted by Crippen LogP contribution is 2.13. The number of sulfone groups is 1. The summed E-state index contributed by atoms with van der Waals surface area (Å²) in [5.41, 5.74) is 0. The lowest BCUT2D eigenvalue weighted by Crippen LogP contribution is -2.29. The molecule has 0 atom stereocenters. The minimum atomic E-state index is -3.20. The standard InChI is InChI=1S/C12H17N3O2S3/c1-3-4-13-11(10-20(2,16)17)14-5-7-18-9-12-15-6-8-19-12/h1,6,8,10,13-14H,4-5,7,9H2,2H3/b11-10-. The summed E-state index contributed by atoms with van der Waals surface area (Å²) in [6, 6.07) is 0. The van der Waals surface area contributed by atoms with Crippen molar-refractivity contribution in [1.29, 1.82) is 0 Å². The van der Waals surface area contributed by atoms with Gasteiger partial charge >= 0.3 is 0 Å². The fourth-order valence-electron chi connectivity index (χ4n) is 1.25. The van der Waals surface area contributed by atoms with E-state index < -0.39 is 9.84 Å². The second-order valence-electron chi connectivity index (χ2n) is 3.82. The lowest BCUT2D eigenvalue weighted by molar-refractivity contribution is 0.608. The Morgan fingerprint density at radius 2 is 2.40 bits per heavy atom. The molecule has 110 valence electrons. The van der Waals surface area contributed by atoms with E-state index in [2.05, 4.69) is 21.5 Å². The Hall–Kier alpha value is -1.17. The quantitative estimate of drug-likeness (QED) is 0.520. The zero-order chi connectivity index (χ0) is 14.8. The molecular weight excluding hydrogens is 314 g/mol. The second-order valence-corrected chi connectivity index (χ2v) is 7.80. The lowest BCUT2D eigenvalue weighted by atomic mass is 10.6. The topological polar surface area (TPSA) is 71.1 Å². The van der Waals surface area contributed by atoms with Gasteiger partial charge in [-0.15, -0.1) is 17.8 Å². The van der Waals surface area contributed by atoms with Crippen molar-refractivity contribution >= 4 is 32.9 Å². The smallest absolute Gasteiger partial charge is 0.172 e. The molecule has 1 aromatic rings. The molecule has 0 fully saturated rings.